The van der Waals surface area contributed by atoms with E-state index < -0.39 is 5.97 Å². The number of nitrogens with one attached hydrogen (secondary N) is 1. The van der Waals surface area contributed by atoms with Gasteiger partial charge in [0.15, 0.2) is 0 Å². The molecule has 1 heterocycles. The minimum Gasteiger partial charge on any atom is -0.481 e. The Kier molecular flexibility index (Phi) is 8.07. The molecule has 116 valence electrons. The van der Waals surface area contributed by atoms with Gasteiger partial charge in [-0.3, -0.25) is 4.79 Å². The summed E-state index contributed by atoms with van der Waals surface area (Å²) in [5.41, 5.74) is 0. The third-order valence-corrected chi connectivity index (χ3v) is 3.98. The van der Waals surface area contributed by atoms with Gasteiger partial charge in [0, 0.05) is 26.1 Å². The fraction of sp³-hybridized carbons (Fsp3) is 0.867. The Labute approximate surface area is 121 Å². The van der Waals surface area contributed by atoms with E-state index in [4.69, 9.17) is 5.11 Å². The molecule has 5 heteroatoms. The Morgan fingerprint density at radius 1 is 1.25 bits per heavy atom. The standard InChI is InChI=1S/C15H28N2O3/c1-2-13-8-7-11-17(12-13)15(20)16-10-6-4-3-5-9-14(18)19/h13H,2-12H2,1H3,(H,16,20)(H,18,19). The number of likely N-dealkylation sites (tertiary alicyclic amines) is 1. The van der Waals surface area contributed by atoms with Crippen molar-refractivity contribution < 1.29 is 14.7 Å². The second-order valence-corrected chi connectivity index (χ2v) is 5.65. The van der Waals surface area contributed by atoms with Crippen molar-refractivity contribution >= 4 is 12.0 Å². The average molecular weight is 284 g/mol. The smallest absolute Gasteiger partial charge is 0.317 e. The molecule has 0 aromatic heterocycles. The highest BCUT2D eigenvalue weighted by Gasteiger charge is 2.21. The van der Waals surface area contributed by atoms with Gasteiger partial charge in [0.1, 0.15) is 0 Å². The first-order chi connectivity index (χ1) is 9.63. The van der Waals surface area contributed by atoms with Crippen molar-refractivity contribution in [3.05, 3.63) is 0 Å². The number of carbonyl (C=O) groups is 2. The summed E-state index contributed by atoms with van der Waals surface area (Å²) in [6, 6.07) is 0.0636. The number of piperidine rings is 1. The number of amides is 2. The van der Waals surface area contributed by atoms with E-state index in [0.717, 1.165) is 51.6 Å². The van der Waals surface area contributed by atoms with Crippen molar-refractivity contribution in [2.24, 2.45) is 5.92 Å². The predicted octanol–water partition coefficient (Wildman–Crippen LogP) is 2.85. The van der Waals surface area contributed by atoms with Crippen LogP contribution in [0.4, 0.5) is 4.79 Å². The summed E-state index contributed by atoms with van der Waals surface area (Å²) in [7, 11) is 0. The highest BCUT2D eigenvalue weighted by Crippen LogP contribution is 2.18. The van der Waals surface area contributed by atoms with E-state index in [1.165, 1.54) is 6.42 Å². The number of hydrogen-bond donors (Lipinski definition) is 2. The fourth-order valence-electron chi connectivity index (χ4n) is 2.64. The first kappa shape index (κ1) is 16.8. The Bertz CT molecular complexity index is 307. The van der Waals surface area contributed by atoms with Crippen LogP contribution in [-0.2, 0) is 4.79 Å². The largest absolute Gasteiger partial charge is 0.481 e. The average Bonchev–Trinajstić information content (AvgIpc) is 2.45. The molecular weight excluding hydrogens is 256 g/mol. The van der Waals surface area contributed by atoms with Crippen LogP contribution in [0.5, 0.6) is 0 Å². The molecule has 0 spiro atoms. The van der Waals surface area contributed by atoms with E-state index in [1.807, 2.05) is 4.90 Å². The number of hydrogen-bond acceptors (Lipinski definition) is 2. The molecule has 0 radical (unpaired) electrons. The molecular formula is C15H28N2O3. The topological polar surface area (TPSA) is 69.6 Å². The Morgan fingerprint density at radius 3 is 2.70 bits per heavy atom. The fourth-order valence-corrected chi connectivity index (χ4v) is 2.64. The minimum absolute atomic E-state index is 0.0636. The van der Waals surface area contributed by atoms with Crippen molar-refractivity contribution in [3.8, 4) is 0 Å². The number of carboxylic acids is 1. The number of nitrogens with zero attached hydrogens (tertiary/aromatic N) is 1. The molecule has 0 aromatic carbocycles. The van der Waals surface area contributed by atoms with Gasteiger partial charge in [0.05, 0.1) is 0 Å². The second kappa shape index (κ2) is 9.61. The van der Waals surface area contributed by atoms with Gasteiger partial charge in [-0.05, 0) is 31.6 Å². The maximum absolute atomic E-state index is 12.0. The molecule has 1 atom stereocenters. The molecule has 2 N–H and O–H groups in total. The first-order valence-electron chi connectivity index (χ1n) is 7.88. The number of carboxylic acid groups (broad SMARTS) is 1. The van der Waals surface area contributed by atoms with Crippen LogP contribution in [0.3, 0.4) is 0 Å². The SMILES string of the molecule is CCC1CCCN(C(=O)NCCCCCCC(=O)O)C1. The van der Waals surface area contributed by atoms with Crippen molar-refractivity contribution in [3.63, 3.8) is 0 Å². The zero-order valence-electron chi connectivity index (χ0n) is 12.6. The number of unbranched alkanes of at least 4 members (excludes halogenated alkanes) is 3. The van der Waals surface area contributed by atoms with E-state index in [-0.39, 0.29) is 12.5 Å². The van der Waals surface area contributed by atoms with E-state index in [2.05, 4.69) is 12.2 Å². The molecule has 0 aliphatic carbocycles. The van der Waals surface area contributed by atoms with Gasteiger partial charge in [-0.15, -0.1) is 0 Å². The van der Waals surface area contributed by atoms with Crippen LogP contribution in [0.1, 0.15) is 58.3 Å². The molecule has 1 unspecified atom stereocenters. The molecule has 1 aliphatic heterocycles. The zero-order chi connectivity index (χ0) is 14.8. The summed E-state index contributed by atoms with van der Waals surface area (Å²) in [6.45, 7) is 4.64. The molecule has 1 fully saturated rings. The number of carbonyl (C=O) groups excluding carboxylic acids is 1. The number of urea groups is 1. The summed E-state index contributed by atoms with van der Waals surface area (Å²) < 4.78 is 0. The highest BCUT2D eigenvalue weighted by molar-refractivity contribution is 5.74. The summed E-state index contributed by atoms with van der Waals surface area (Å²) in [4.78, 5) is 24.2. The van der Waals surface area contributed by atoms with Gasteiger partial charge in [-0.1, -0.05) is 26.2 Å². The molecule has 0 bridgehead atoms. The van der Waals surface area contributed by atoms with Gasteiger partial charge in [0.2, 0.25) is 0 Å². The van der Waals surface area contributed by atoms with E-state index in [9.17, 15) is 9.59 Å². The quantitative estimate of drug-likeness (QED) is 0.673. The normalized spacial score (nSPS) is 18.9. The second-order valence-electron chi connectivity index (χ2n) is 5.65. The molecule has 1 saturated heterocycles. The Hall–Kier alpha value is -1.26. The third kappa shape index (κ3) is 6.78. The molecule has 1 rings (SSSR count). The van der Waals surface area contributed by atoms with Crippen LogP contribution in [0.25, 0.3) is 0 Å². The predicted molar refractivity (Wildman–Crippen MR) is 78.7 cm³/mol. The van der Waals surface area contributed by atoms with Gasteiger partial charge >= 0.3 is 12.0 Å². The van der Waals surface area contributed by atoms with Crippen molar-refractivity contribution in [1.29, 1.82) is 0 Å². The summed E-state index contributed by atoms with van der Waals surface area (Å²) in [6.07, 6.45) is 7.30. The maximum Gasteiger partial charge on any atom is 0.317 e. The van der Waals surface area contributed by atoms with Crippen LogP contribution < -0.4 is 5.32 Å². The number of aliphatic carboxylic acids is 1. The van der Waals surface area contributed by atoms with E-state index >= 15 is 0 Å². The van der Waals surface area contributed by atoms with Crippen molar-refractivity contribution in [2.75, 3.05) is 19.6 Å². The first-order valence-corrected chi connectivity index (χ1v) is 7.88. The van der Waals surface area contributed by atoms with Crippen LogP contribution in [-0.4, -0.2) is 41.6 Å². The summed E-state index contributed by atoms with van der Waals surface area (Å²) in [5.74, 6) is -0.0700. The van der Waals surface area contributed by atoms with Gasteiger partial charge < -0.3 is 15.3 Å². The van der Waals surface area contributed by atoms with Crippen LogP contribution >= 0.6 is 0 Å². The van der Waals surface area contributed by atoms with Crippen molar-refractivity contribution in [2.45, 2.75) is 58.3 Å². The lowest BCUT2D eigenvalue weighted by Gasteiger charge is -2.32. The van der Waals surface area contributed by atoms with Crippen LogP contribution in [0.2, 0.25) is 0 Å². The maximum atomic E-state index is 12.0. The van der Waals surface area contributed by atoms with Crippen LogP contribution in [0, 0.1) is 5.92 Å². The van der Waals surface area contributed by atoms with E-state index in [1.54, 1.807) is 0 Å². The molecule has 5 nitrogen and oxygen atoms in total. The molecule has 1 aliphatic rings. The molecule has 0 saturated carbocycles. The monoisotopic (exact) mass is 284 g/mol. The van der Waals surface area contributed by atoms with Crippen LogP contribution in [0.15, 0.2) is 0 Å². The Balaban J connectivity index is 2.03. The Morgan fingerprint density at radius 2 is 2.00 bits per heavy atom. The lowest BCUT2D eigenvalue weighted by atomic mass is 9.96. The lowest BCUT2D eigenvalue weighted by molar-refractivity contribution is -0.137. The van der Waals surface area contributed by atoms with Gasteiger partial charge in [-0.25, -0.2) is 4.79 Å². The van der Waals surface area contributed by atoms with Gasteiger partial charge in [-0.2, -0.15) is 0 Å². The molecule has 20 heavy (non-hydrogen) atoms. The number of rotatable bonds is 8. The molecule has 2 amide bonds. The zero-order valence-corrected chi connectivity index (χ0v) is 12.6. The highest BCUT2D eigenvalue weighted by atomic mass is 16.4. The van der Waals surface area contributed by atoms with E-state index in [0.29, 0.717) is 12.5 Å². The summed E-state index contributed by atoms with van der Waals surface area (Å²) in [5, 5.41) is 11.5. The van der Waals surface area contributed by atoms with Crippen molar-refractivity contribution in [1.82, 2.24) is 10.2 Å². The van der Waals surface area contributed by atoms with Gasteiger partial charge in [0.25, 0.3) is 0 Å². The minimum atomic E-state index is -0.728. The summed E-state index contributed by atoms with van der Waals surface area (Å²) >= 11 is 0. The molecule has 0 aromatic rings. The third-order valence-electron chi connectivity index (χ3n) is 3.98. The lowest BCUT2D eigenvalue weighted by Crippen LogP contribution is -2.45.